The van der Waals surface area contributed by atoms with Crippen LogP contribution < -0.4 is 5.32 Å². The summed E-state index contributed by atoms with van der Waals surface area (Å²) in [5.41, 5.74) is 0.475. The Bertz CT molecular complexity index is 263. The van der Waals surface area contributed by atoms with E-state index < -0.39 is 5.97 Å². The second-order valence-corrected chi connectivity index (χ2v) is 4.17. The topological polar surface area (TPSA) is 58.6 Å². The molecular formula is C12H21NO3. The monoisotopic (exact) mass is 227 g/mol. The van der Waals surface area contributed by atoms with Crippen LogP contribution in [-0.4, -0.2) is 36.9 Å². The highest BCUT2D eigenvalue weighted by Crippen LogP contribution is 2.19. The summed E-state index contributed by atoms with van der Waals surface area (Å²) < 4.78 is 5.45. The summed E-state index contributed by atoms with van der Waals surface area (Å²) in [6.45, 7) is 6.31. The molecule has 1 aliphatic rings. The Balaban J connectivity index is 2.22. The van der Waals surface area contributed by atoms with Crippen LogP contribution in [0.3, 0.4) is 0 Å². The summed E-state index contributed by atoms with van der Waals surface area (Å²) in [7, 11) is 0. The van der Waals surface area contributed by atoms with Crippen LogP contribution in [0.2, 0.25) is 0 Å². The summed E-state index contributed by atoms with van der Waals surface area (Å²) in [6.07, 6.45) is 3.74. The molecule has 2 N–H and O–H groups in total. The molecule has 2 atom stereocenters. The maximum atomic E-state index is 10.7. The third kappa shape index (κ3) is 3.94. The Hall–Kier alpha value is -0.870. The molecule has 1 heterocycles. The van der Waals surface area contributed by atoms with E-state index in [4.69, 9.17) is 9.84 Å². The Kier molecular flexibility index (Phi) is 5.49. The first-order valence-electron chi connectivity index (χ1n) is 5.89. The number of carboxylic acids is 1. The van der Waals surface area contributed by atoms with E-state index in [1.807, 2.05) is 6.92 Å². The molecule has 1 fully saturated rings. The highest BCUT2D eigenvalue weighted by Gasteiger charge is 2.23. The molecule has 92 valence electrons. The molecule has 0 spiro atoms. The largest absolute Gasteiger partial charge is 0.478 e. The van der Waals surface area contributed by atoms with Gasteiger partial charge in [0.1, 0.15) is 0 Å². The quantitative estimate of drug-likeness (QED) is 0.532. The van der Waals surface area contributed by atoms with Crippen molar-refractivity contribution in [2.24, 2.45) is 5.92 Å². The zero-order chi connectivity index (χ0) is 12.0. The first-order valence-corrected chi connectivity index (χ1v) is 5.89. The maximum absolute atomic E-state index is 10.7. The third-order valence-corrected chi connectivity index (χ3v) is 3.09. The number of hydrogen-bond acceptors (Lipinski definition) is 3. The summed E-state index contributed by atoms with van der Waals surface area (Å²) in [5, 5.41) is 12.1. The molecule has 4 heteroatoms. The van der Waals surface area contributed by atoms with Gasteiger partial charge in [-0.05, 0) is 25.7 Å². The SMILES string of the molecule is CCC(=CCNCC1CCOC1C)C(=O)O. The van der Waals surface area contributed by atoms with Gasteiger partial charge in [-0.1, -0.05) is 13.0 Å². The van der Waals surface area contributed by atoms with Gasteiger partial charge in [0.2, 0.25) is 0 Å². The van der Waals surface area contributed by atoms with E-state index in [9.17, 15) is 4.79 Å². The van der Waals surface area contributed by atoms with Crippen LogP contribution >= 0.6 is 0 Å². The molecule has 1 aliphatic heterocycles. The number of hydrogen-bond donors (Lipinski definition) is 2. The van der Waals surface area contributed by atoms with Crippen LogP contribution in [0.1, 0.15) is 26.7 Å². The van der Waals surface area contributed by atoms with E-state index in [-0.39, 0.29) is 0 Å². The Morgan fingerprint density at radius 2 is 2.38 bits per heavy atom. The van der Waals surface area contributed by atoms with Crippen molar-refractivity contribution in [2.45, 2.75) is 32.8 Å². The summed E-state index contributed by atoms with van der Waals surface area (Å²) in [6, 6.07) is 0. The van der Waals surface area contributed by atoms with Crippen molar-refractivity contribution in [2.75, 3.05) is 19.7 Å². The minimum absolute atomic E-state index is 0.321. The molecule has 0 aromatic heterocycles. The second-order valence-electron chi connectivity index (χ2n) is 4.17. The van der Waals surface area contributed by atoms with Gasteiger partial charge in [0.15, 0.2) is 0 Å². The number of carboxylic acid groups (broad SMARTS) is 1. The summed E-state index contributed by atoms with van der Waals surface area (Å²) in [4.78, 5) is 10.7. The number of ether oxygens (including phenoxy) is 1. The van der Waals surface area contributed by atoms with E-state index in [1.165, 1.54) is 0 Å². The highest BCUT2D eigenvalue weighted by molar-refractivity contribution is 5.86. The van der Waals surface area contributed by atoms with Crippen molar-refractivity contribution in [1.82, 2.24) is 5.32 Å². The van der Waals surface area contributed by atoms with Crippen LogP contribution in [0.5, 0.6) is 0 Å². The fraction of sp³-hybridized carbons (Fsp3) is 0.750. The molecule has 4 nitrogen and oxygen atoms in total. The highest BCUT2D eigenvalue weighted by atomic mass is 16.5. The van der Waals surface area contributed by atoms with E-state index in [2.05, 4.69) is 12.2 Å². The van der Waals surface area contributed by atoms with Crippen molar-refractivity contribution in [1.29, 1.82) is 0 Å². The van der Waals surface area contributed by atoms with Crippen LogP contribution in [0.25, 0.3) is 0 Å². The molecule has 1 rings (SSSR count). The van der Waals surface area contributed by atoms with Crippen LogP contribution in [0.15, 0.2) is 11.6 Å². The lowest BCUT2D eigenvalue weighted by Gasteiger charge is -2.13. The Morgan fingerprint density at radius 3 is 2.88 bits per heavy atom. The Morgan fingerprint density at radius 1 is 1.62 bits per heavy atom. The average Bonchev–Trinajstić information content (AvgIpc) is 2.64. The van der Waals surface area contributed by atoms with Gasteiger partial charge in [-0.2, -0.15) is 0 Å². The maximum Gasteiger partial charge on any atom is 0.331 e. The molecule has 0 amide bonds. The second kappa shape index (κ2) is 6.66. The van der Waals surface area contributed by atoms with Crippen molar-refractivity contribution >= 4 is 5.97 Å². The predicted molar refractivity (Wildman–Crippen MR) is 62.4 cm³/mol. The zero-order valence-electron chi connectivity index (χ0n) is 10.0. The molecule has 0 aromatic carbocycles. The van der Waals surface area contributed by atoms with Crippen LogP contribution in [-0.2, 0) is 9.53 Å². The number of nitrogens with one attached hydrogen (secondary N) is 1. The minimum atomic E-state index is -0.818. The normalized spacial score (nSPS) is 26.0. The van der Waals surface area contributed by atoms with E-state index in [1.54, 1.807) is 6.08 Å². The average molecular weight is 227 g/mol. The number of carbonyl (C=O) groups is 1. The first-order chi connectivity index (χ1) is 7.65. The predicted octanol–water partition coefficient (Wildman–Crippen LogP) is 1.42. The molecule has 0 aromatic rings. The third-order valence-electron chi connectivity index (χ3n) is 3.09. The van der Waals surface area contributed by atoms with Gasteiger partial charge in [0, 0.05) is 25.3 Å². The standard InChI is InChI=1S/C12H21NO3/c1-3-10(12(14)15)4-6-13-8-11-5-7-16-9(11)2/h4,9,11,13H,3,5-8H2,1-2H3,(H,14,15). The Labute approximate surface area is 96.7 Å². The molecule has 1 saturated heterocycles. The van der Waals surface area contributed by atoms with Crippen LogP contribution in [0.4, 0.5) is 0 Å². The van der Waals surface area contributed by atoms with Gasteiger partial charge in [0.25, 0.3) is 0 Å². The first kappa shape index (κ1) is 13.2. The van der Waals surface area contributed by atoms with E-state index >= 15 is 0 Å². The van der Waals surface area contributed by atoms with Crippen LogP contribution in [0, 0.1) is 5.92 Å². The molecule has 2 unspecified atom stereocenters. The lowest BCUT2D eigenvalue weighted by molar-refractivity contribution is -0.132. The lowest BCUT2D eigenvalue weighted by Crippen LogP contribution is -2.27. The fourth-order valence-electron chi connectivity index (χ4n) is 1.89. The van der Waals surface area contributed by atoms with E-state index in [0.29, 0.717) is 30.6 Å². The van der Waals surface area contributed by atoms with Crippen molar-refractivity contribution in [3.63, 3.8) is 0 Å². The fourth-order valence-corrected chi connectivity index (χ4v) is 1.89. The number of aliphatic carboxylic acids is 1. The van der Waals surface area contributed by atoms with Gasteiger partial charge in [-0.15, -0.1) is 0 Å². The molecule has 0 radical (unpaired) electrons. The van der Waals surface area contributed by atoms with Crippen molar-refractivity contribution in [3.05, 3.63) is 11.6 Å². The summed E-state index contributed by atoms with van der Waals surface area (Å²) in [5.74, 6) is -0.259. The van der Waals surface area contributed by atoms with Crippen molar-refractivity contribution in [3.8, 4) is 0 Å². The van der Waals surface area contributed by atoms with Crippen molar-refractivity contribution < 1.29 is 14.6 Å². The molecular weight excluding hydrogens is 206 g/mol. The minimum Gasteiger partial charge on any atom is -0.478 e. The van der Waals surface area contributed by atoms with Gasteiger partial charge in [-0.3, -0.25) is 0 Å². The zero-order valence-corrected chi connectivity index (χ0v) is 10.0. The van der Waals surface area contributed by atoms with E-state index in [0.717, 1.165) is 19.6 Å². The van der Waals surface area contributed by atoms with Gasteiger partial charge in [0.05, 0.1) is 6.10 Å². The molecule has 0 saturated carbocycles. The summed E-state index contributed by atoms with van der Waals surface area (Å²) >= 11 is 0. The van der Waals surface area contributed by atoms with Gasteiger partial charge < -0.3 is 15.2 Å². The smallest absolute Gasteiger partial charge is 0.331 e. The lowest BCUT2D eigenvalue weighted by atomic mass is 10.0. The molecule has 0 bridgehead atoms. The molecule has 16 heavy (non-hydrogen) atoms. The van der Waals surface area contributed by atoms with Gasteiger partial charge in [-0.25, -0.2) is 4.79 Å². The number of rotatable bonds is 6. The van der Waals surface area contributed by atoms with Gasteiger partial charge >= 0.3 is 5.97 Å². The molecule has 0 aliphatic carbocycles.